The van der Waals surface area contributed by atoms with E-state index < -0.39 is 10.0 Å². The molecule has 0 heterocycles. The summed E-state index contributed by atoms with van der Waals surface area (Å²) in [6, 6.07) is 5.70. The van der Waals surface area contributed by atoms with Crippen molar-refractivity contribution < 1.29 is 8.42 Å². The van der Waals surface area contributed by atoms with Gasteiger partial charge in [0.25, 0.3) is 0 Å². The Balaban J connectivity index is 1.99. The van der Waals surface area contributed by atoms with Crippen molar-refractivity contribution in [3.8, 4) is 0 Å². The van der Waals surface area contributed by atoms with Gasteiger partial charge in [-0.25, -0.2) is 8.42 Å². The molecule has 0 spiro atoms. The van der Waals surface area contributed by atoms with Crippen LogP contribution in [-0.2, 0) is 10.0 Å². The summed E-state index contributed by atoms with van der Waals surface area (Å²) in [6.07, 6.45) is 5.15. The van der Waals surface area contributed by atoms with Crippen molar-refractivity contribution in [1.29, 1.82) is 0 Å². The Morgan fingerprint density at radius 3 is 2.56 bits per heavy atom. The van der Waals surface area contributed by atoms with Crippen LogP contribution in [0.1, 0.15) is 24.8 Å². The number of benzene rings is 1. The fourth-order valence-corrected chi connectivity index (χ4v) is 2.68. The minimum absolute atomic E-state index is 0.645. The zero-order chi connectivity index (χ0) is 13.2. The largest absolute Gasteiger partial charge is 0.385 e. The topological polar surface area (TPSA) is 58.2 Å². The van der Waals surface area contributed by atoms with Crippen molar-refractivity contribution in [2.24, 2.45) is 5.92 Å². The second-order valence-electron chi connectivity index (χ2n) is 5.08. The summed E-state index contributed by atoms with van der Waals surface area (Å²) in [6.45, 7) is 2.92. The molecule has 0 aliphatic heterocycles. The summed E-state index contributed by atoms with van der Waals surface area (Å²) in [4.78, 5) is 0. The molecule has 0 atom stereocenters. The molecule has 1 aliphatic carbocycles. The lowest BCUT2D eigenvalue weighted by Gasteiger charge is -2.26. The molecule has 0 amide bonds. The van der Waals surface area contributed by atoms with Gasteiger partial charge in [-0.05, 0) is 49.4 Å². The first-order valence-corrected chi connectivity index (χ1v) is 8.15. The lowest BCUT2D eigenvalue weighted by atomic mass is 9.85. The minimum Gasteiger partial charge on any atom is -0.385 e. The minimum atomic E-state index is -3.20. The van der Waals surface area contributed by atoms with Gasteiger partial charge in [0.2, 0.25) is 10.0 Å². The van der Waals surface area contributed by atoms with Gasteiger partial charge in [-0.2, -0.15) is 0 Å². The zero-order valence-corrected chi connectivity index (χ0v) is 11.7. The van der Waals surface area contributed by atoms with E-state index in [1.807, 2.05) is 19.1 Å². The van der Waals surface area contributed by atoms with Gasteiger partial charge in [-0.1, -0.05) is 6.42 Å². The molecular weight excluding hydrogens is 248 g/mol. The molecule has 1 aliphatic rings. The number of hydrogen-bond donors (Lipinski definition) is 2. The monoisotopic (exact) mass is 268 g/mol. The predicted octanol–water partition coefficient (Wildman–Crippen LogP) is 2.58. The summed E-state index contributed by atoms with van der Waals surface area (Å²) in [5, 5.41) is 3.40. The molecule has 0 radical (unpaired) electrons. The van der Waals surface area contributed by atoms with Crippen LogP contribution >= 0.6 is 0 Å². The highest BCUT2D eigenvalue weighted by atomic mass is 32.2. The molecule has 5 heteroatoms. The van der Waals surface area contributed by atoms with Crippen LogP contribution in [0.3, 0.4) is 0 Å². The van der Waals surface area contributed by atoms with E-state index in [9.17, 15) is 8.42 Å². The maximum atomic E-state index is 11.2. The average molecular weight is 268 g/mol. The van der Waals surface area contributed by atoms with E-state index in [1.165, 1.54) is 19.3 Å². The van der Waals surface area contributed by atoms with Gasteiger partial charge in [0.15, 0.2) is 0 Å². The Morgan fingerprint density at radius 1 is 1.33 bits per heavy atom. The summed E-state index contributed by atoms with van der Waals surface area (Å²) in [5.41, 5.74) is 2.63. The van der Waals surface area contributed by atoms with E-state index in [-0.39, 0.29) is 0 Å². The summed E-state index contributed by atoms with van der Waals surface area (Å²) in [5.74, 6) is 0.805. The normalized spacial score (nSPS) is 16.1. The molecule has 1 saturated carbocycles. The van der Waals surface area contributed by atoms with E-state index in [2.05, 4.69) is 10.0 Å². The average Bonchev–Trinajstić information content (AvgIpc) is 2.18. The number of nitrogens with one attached hydrogen (secondary N) is 2. The highest BCUT2D eigenvalue weighted by Gasteiger charge is 2.16. The molecule has 0 aromatic heterocycles. The Labute approximate surface area is 109 Å². The molecule has 4 nitrogen and oxygen atoms in total. The van der Waals surface area contributed by atoms with Gasteiger partial charge in [-0.3, -0.25) is 4.72 Å². The first-order chi connectivity index (χ1) is 8.44. The highest BCUT2D eigenvalue weighted by Crippen LogP contribution is 2.27. The molecule has 1 aromatic rings. The van der Waals surface area contributed by atoms with Gasteiger partial charge in [0, 0.05) is 12.2 Å². The van der Waals surface area contributed by atoms with Crippen molar-refractivity contribution in [1.82, 2.24) is 0 Å². The van der Waals surface area contributed by atoms with E-state index in [0.717, 1.165) is 30.0 Å². The second kappa shape index (κ2) is 5.18. The number of aryl methyl sites for hydroxylation is 1. The SMILES string of the molecule is Cc1cc(NCC2CCC2)ccc1NS(C)(=O)=O. The third-order valence-electron chi connectivity index (χ3n) is 3.34. The van der Waals surface area contributed by atoms with Crippen LogP contribution in [0.5, 0.6) is 0 Å². The highest BCUT2D eigenvalue weighted by molar-refractivity contribution is 7.92. The van der Waals surface area contributed by atoms with Crippen molar-refractivity contribution >= 4 is 21.4 Å². The van der Waals surface area contributed by atoms with Crippen LogP contribution in [0.15, 0.2) is 18.2 Å². The third kappa shape index (κ3) is 3.63. The Kier molecular flexibility index (Phi) is 3.80. The van der Waals surface area contributed by atoms with Crippen molar-refractivity contribution in [3.05, 3.63) is 23.8 Å². The van der Waals surface area contributed by atoms with Crippen LogP contribution in [0.2, 0.25) is 0 Å². The maximum absolute atomic E-state index is 11.2. The lowest BCUT2D eigenvalue weighted by Crippen LogP contribution is -2.20. The number of anilines is 2. The van der Waals surface area contributed by atoms with Crippen LogP contribution in [0.25, 0.3) is 0 Å². The van der Waals surface area contributed by atoms with Crippen molar-refractivity contribution in [2.75, 3.05) is 22.8 Å². The number of hydrogen-bond acceptors (Lipinski definition) is 3. The van der Waals surface area contributed by atoms with Gasteiger partial charge < -0.3 is 5.32 Å². The number of rotatable bonds is 5. The van der Waals surface area contributed by atoms with Crippen LogP contribution in [-0.4, -0.2) is 21.2 Å². The molecule has 0 bridgehead atoms. The van der Waals surface area contributed by atoms with E-state index in [0.29, 0.717) is 5.69 Å². The molecule has 1 aromatic carbocycles. The fourth-order valence-electron chi connectivity index (χ4n) is 2.05. The maximum Gasteiger partial charge on any atom is 0.229 e. The Bertz CT molecular complexity index is 522. The third-order valence-corrected chi connectivity index (χ3v) is 3.93. The summed E-state index contributed by atoms with van der Waals surface area (Å²) < 4.78 is 24.9. The second-order valence-corrected chi connectivity index (χ2v) is 6.83. The first-order valence-electron chi connectivity index (χ1n) is 6.26. The van der Waals surface area contributed by atoms with Crippen LogP contribution in [0, 0.1) is 12.8 Å². The Hall–Kier alpha value is -1.23. The number of sulfonamides is 1. The van der Waals surface area contributed by atoms with Gasteiger partial charge in [0.05, 0.1) is 11.9 Å². The van der Waals surface area contributed by atoms with E-state index in [4.69, 9.17) is 0 Å². The summed E-state index contributed by atoms with van der Waals surface area (Å²) in [7, 11) is -3.20. The standard InChI is InChI=1S/C13H20N2O2S/c1-10-8-12(14-9-11-4-3-5-11)6-7-13(10)15-18(2,16)17/h6-8,11,14-15H,3-5,9H2,1-2H3. The summed E-state index contributed by atoms with van der Waals surface area (Å²) >= 11 is 0. The molecule has 0 unspecified atom stereocenters. The predicted molar refractivity (Wildman–Crippen MR) is 75.5 cm³/mol. The lowest BCUT2D eigenvalue weighted by molar-refractivity contribution is 0.333. The molecule has 18 heavy (non-hydrogen) atoms. The van der Waals surface area contributed by atoms with E-state index in [1.54, 1.807) is 6.07 Å². The molecule has 100 valence electrons. The first kappa shape index (κ1) is 13.2. The van der Waals surface area contributed by atoms with Gasteiger partial charge in [0.1, 0.15) is 0 Å². The van der Waals surface area contributed by atoms with Crippen molar-refractivity contribution in [3.63, 3.8) is 0 Å². The molecule has 0 saturated heterocycles. The molecule has 2 rings (SSSR count). The molecule has 2 N–H and O–H groups in total. The van der Waals surface area contributed by atoms with Crippen molar-refractivity contribution in [2.45, 2.75) is 26.2 Å². The van der Waals surface area contributed by atoms with Crippen LogP contribution in [0.4, 0.5) is 11.4 Å². The molecular formula is C13H20N2O2S. The van der Waals surface area contributed by atoms with Gasteiger partial charge >= 0.3 is 0 Å². The zero-order valence-electron chi connectivity index (χ0n) is 10.9. The smallest absolute Gasteiger partial charge is 0.229 e. The fraction of sp³-hybridized carbons (Fsp3) is 0.538. The molecule has 1 fully saturated rings. The van der Waals surface area contributed by atoms with Gasteiger partial charge in [-0.15, -0.1) is 0 Å². The quantitative estimate of drug-likeness (QED) is 0.863. The van der Waals surface area contributed by atoms with Crippen LogP contribution < -0.4 is 10.0 Å². The van der Waals surface area contributed by atoms with E-state index >= 15 is 0 Å². The Morgan fingerprint density at radius 2 is 2.06 bits per heavy atom.